The molecule has 0 radical (unpaired) electrons. The lowest BCUT2D eigenvalue weighted by atomic mass is 10.1. The summed E-state index contributed by atoms with van der Waals surface area (Å²) in [7, 11) is 1.50. The van der Waals surface area contributed by atoms with Crippen molar-refractivity contribution in [2.45, 2.75) is 51.4 Å². The van der Waals surface area contributed by atoms with Crippen LogP contribution in [0.4, 0.5) is 0 Å². The summed E-state index contributed by atoms with van der Waals surface area (Å²) in [6, 6.07) is -0.398. The molecule has 2 aliphatic heterocycles. The molecule has 2 saturated heterocycles. The molecule has 1 amide bonds. The van der Waals surface area contributed by atoms with Crippen LogP contribution in [-0.2, 0) is 28.5 Å². The number of carbonyl (C=O) groups is 2. The maximum atomic E-state index is 11.7. The first kappa shape index (κ1) is 15.2. The van der Waals surface area contributed by atoms with Crippen molar-refractivity contribution in [3.8, 4) is 0 Å². The van der Waals surface area contributed by atoms with Gasteiger partial charge in [-0.15, -0.1) is 0 Å². The van der Waals surface area contributed by atoms with E-state index in [4.69, 9.17) is 18.9 Å². The Morgan fingerprint density at radius 2 is 2.00 bits per heavy atom. The predicted octanol–water partition coefficient (Wildman–Crippen LogP) is -0.171. The number of amides is 1. The fourth-order valence-electron chi connectivity index (χ4n) is 2.45. The summed E-state index contributed by atoms with van der Waals surface area (Å²) in [5.41, 5.74) is 0. The number of ether oxygens (including phenoxy) is 4. The number of nitrogens with one attached hydrogen (secondary N) is 1. The average Bonchev–Trinajstić information content (AvgIpc) is 2.90. The van der Waals surface area contributed by atoms with Crippen LogP contribution in [-0.4, -0.2) is 56.2 Å². The molecule has 20 heavy (non-hydrogen) atoms. The van der Waals surface area contributed by atoms with E-state index in [0.717, 1.165) is 0 Å². The Hall–Kier alpha value is -1.18. The predicted molar refractivity (Wildman–Crippen MR) is 67.7 cm³/mol. The average molecular weight is 287 g/mol. The summed E-state index contributed by atoms with van der Waals surface area (Å²) in [4.78, 5) is 22.9. The third kappa shape index (κ3) is 2.94. The second kappa shape index (κ2) is 6.07. The van der Waals surface area contributed by atoms with E-state index in [9.17, 15) is 9.59 Å². The molecule has 0 aromatic rings. The Balaban J connectivity index is 2.03. The fourth-order valence-corrected chi connectivity index (χ4v) is 2.45. The van der Waals surface area contributed by atoms with Crippen molar-refractivity contribution in [2.75, 3.05) is 13.7 Å². The monoisotopic (exact) mass is 287 g/mol. The molecule has 2 aliphatic rings. The molecule has 0 saturated carbocycles. The maximum Gasteiger partial charge on any atom is 0.308 e. The van der Waals surface area contributed by atoms with Gasteiger partial charge in [-0.25, -0.2) is 0 Å². The van der Waals surface area contributed by atoms with E-state index in [1.807, 2.05) is 0 Å². The van der Waals surface area contributed by atoms with Crippen molar-refractivity contribution in [1.82, 2.24) is 5.32 Å². The van der Waals surface area contributed by atoms with Crippen LogP contribution in [0.2, 0.25) is 0 Å². The van der Waals surface area contributed by atoms with Gasteiger partial charge in [0, 0.05) is 14.0 Å². The third-order valence-corrected chi connectivity index (χ3v) is 3.42. The van der Waals surface area contributed by atoms with Crippen molar-refractivity contribution in [3.63, 3.8) is 0 Å². The maximum absolute atomic E-state index is 11.7. The van der Waals surface area contributed by atoms with Crippen LogP contribution in [0, 0.1) is 5.92 Å². The lowest BCUT2D eigenvalue weighted by molar-refractivity contribution is -0.172. The molecule has 7 heteroatoms. The largest absolute Gasteiger partial charge is 0.457 e. The number of hydrogen-bond donors (Lipinski definition) is 1. The quantitative estimate of drug-likeness (QED) is 0.723. The highest BCUT2D eigenvalue weighted by Crippen LogP contribution is 2.33. The minimum Gasteiger partial charge on any atom is -0.457 e. The highest BCUT2D eigenvalue weighted by Gasteiger charge is 2.54. The fraction of sp³-hybridized carbons (Fsp3) is 0.846. The van der Waals surface area contributed by atoms with Crippen LogP contribution in [0.1, 0.15) is 20.8 Å². The van der Waals surface area contributed by atoms with Gasteiger partial charge in [0.05, 0.1) is 12.5 Å². The number of methoxy groups -OCH3 is 1. The van der Waals surface area contributed by atoms with E-state index >= 15 is 0 Å². The molecule has 7 nitrogen and oxygen atoms in total. The van der Waals surface area contributed by atoms with Gasteiger partial charge in [0.25, 0.3) is 0 Å². The summed E-state index contributed by atoms with van der Waals surface area (Å²) in [5, 5.41) is 2.76. The van der Waals surface area contributed by atoms with E-state index in [0.29, 0.717) is 0 Å². The molecule has 0 unspecified atom stereocenters. The van der Waals surface area contributed by atoms with Crippen molar-refractivity contribution in [3.05, 3.63) is 0 Å². The summed E-state index contributed by atoms with van der Waals surface area (Å²) >= 11 is 0. The van der Waals surface area contributed by atoms with Crippen LogP contribution < -0.4 is 5.32 Å². The number of hydrogen-bond acceptors (Lipinski definition) is 6. The Bertz CT molecular complexity index is 385. The van der Waals surface area contributed by atoms with E-state index in [1.54, 1.807) is 13.8 Å². The normalized spacial score (nSPS) is 36.0. The smallest absolute Gasteiger partial charge is 0.308 e. The lowest BCUT2D eigenvalue weighted by Crippen LogP contribution is -2.47. The molecule has 0 aromatic heterocycles. The second-order valence-corrected chi connectivity index (χ2v) is 5.36. The van der Waals surface area contributed by atoms with Crippen molar-refractivity contribution < 1.29 is 28.5 Å². The highest BCUT2D eigenvalue weighted by molar-refractivity contribution is 5.73. The van der Waals surface area contributed by atoms with Gasteiger partial charge in [-0.05, 0) is 0 Å². The highest BCUT2D eigenvalue weighted by atomic mass is 16.7. The van der Waals surface area contributed by atoms with Crippen LogP contribution in [0.15, 0.2) is 0 Å². The molecule has 114 valence electrons. The lowest BCUT2D eigenvalue weighted by Gasteiger charge is -2.21. The molecular weight excluding hydrogens is 266 g/mol. The number of carbonyl (C=O) groups excluding carboxylic acids is 2. The molecule has 2 fully saturated rings. The zero-order chi connectivity index (χ0) is 14.9. The molecule has 0 spiro atoms. The van der Waals surface area contributed by atoms with Gasteiger partial charge in [-0.2, -0.15) is 0 Å². The topological polar surface area (TPSA) is 83.1 Å². The molecule has 1 N–H and O–H groups in total. The first-order valence-electron chi connectivity index (χ1n) is 6.71. The molecule has 0 aromatic carbocycles. The van der Waals surface area contributed by atoms with Crippen molar-refractivity contribution in [1.29, 1.82) is 0 Å². The first-order valence-corrected chi connectivity index (χ1v) is 6.71. The Morgan fingerprint density at radius 1 is 1.30 bits per heavy atom. The van der Waals surface area contributed by atoms with Gasteiger partial charge in [-0.1, -0.05) is 13.8 Å². The van der Waals surface area contributed by atoms with Gasteiger partial charge in [0.1, 0.15) is 18.2 Å². The summed E-state index contributed by atoms with van der Waals surface area (Å²) in [6.07, 6.45) is -1.85. The van der Waals surface area contributed by atoms with Crippen LogP contribution in [0.25, 0.3) is 0 Å². The molecule has 5 atom stereocenters. The standard InChI is InChI=1S/C13H21NO6/c1-6(2)12(16)19-8-5-18-11-9(14-7(3)15)13(17-4)20-10(8)11/h6,8-11,13H,5H2,1-4H3,(H,14,15)/t8-,9-,10-,11-,13+/m1/s1. The zero-order valence-electron chi connectivity index (χ0n) is 12.1. The van der Waals surface area contributed by atoms with E-state index in [2.05, 4.69) is 5.32 Å². The van der Waals surface area contributed by atoms with Gasteiger partial charge in [0.15, 0.2) is 12.4 Å². The number of rotatable bonds is 4. The minimum atomic E-state index is -0.602. The molecule has 0 bridgehead atoms. The Labute approximate surface area is 117 Å². The van der Waals surface area contributed by atoms with Crippen LogP contribution in [0.5, 0.6) is 0 Å². The van der Waals surface area contributed by atoms with E-state index in [-0.39, 0.29) is 30.5 Å². The second-order valence-electron chi connectivity index (χ2n) is 5.36. The van der Waals surface area contributed by atoms with Crippen LogP contribution >= 0.6 is 0 Å². The Morgan fingerprint density at radius 3 is 2.55 bits per heavy atom. The van der Waals surface area contributed by atoms with Crippen molar-refractivity contribution in [2.24, 2.45) is 5.92 Å². The Kier molecular flexibility index (Phi) is 4.62. The van der Waals surface area contributed by atoms with Gasteiger partial charge >= 0.3 is 5.97 Å². The van der Waals surface area contributed by atoms with Gasteiger partial charge in [0.2, 0.25) is 5.91 Å². The minimum absolute atomic E-state index is 0.187. The summed E-state index contributed by atoms with van der Waals surface area (Å²) in [5.74, 6) is -0.688. The zero-order valence-corrected chi connectivity index (χ0v) is 12.1. The molecular formula is C13H21NO6. The van der Waals surface area contributed by atoms with Crippen LogP contribution in [0.3, 0.4) is 0 Å². The number of esters is 1. The summed E-state index contributed by atoms with van der Waals surface area (Å²) < 4.78 is 21.9. The van der Waals surface area contributed by atoms with Crippen molar-refractivity contribution >= 4 is 11.9 Å². The SMILES string of the molecule is CO[C@H]1O[C@H]2[C@H](OC[C@H]2OC(=O)C(C)C)[C@H]1NC(C)=O. The van der Waals surface area contributed by atoms with Gasteiger partial charge < -0.3 is 24.3 Å². The molecule has 2 heterocycles. The molecule has 0 aliphatic carbocycles. The number of fused-ring (bicyclic) bond motifs is 1. The van der Waals surface area contributed by atoms with E-state index in [1.165, 1.54) is 14.0 Å². The third-order valence-electron chi connectivity index (χ3n) is 3.42. The van der Waals surface area contributed by atoms with Gasteiger partial charge in [-0.3, -0.25) is 9.59 Å². The van der Waals surface area contributed by atoms with E-state index < -0.39 is 24.5 Å². The first-order chi connectivity index (χ1) is 9.43. The molecule has 2 rings (SSSR count). The summed E-state index contributed by atoms with van der Waals surface area (Å²) in [6.45, 7) is 5.22.